The fourth-order valence-corrected chi connectivity index (χ4v) is 3.27. The Labute approximate surface area is 106 Å². The zero-order valence-corrected chi connectivity index (χ0v) is 11.5. The van der Waals surface area contributed by atoms with E-state index in [0.29, 0.717) is 5.54 Å². The maximum absolute atomic E-state index is 5.40. The summed E-state index contributed by atoms with van der Waals surface area (Å²) >= 11 is 0. The second-order valence-electron chi connectivity index (χ2n) is 6.01. The highest BCUT2D eigenvalue weighted by Crippen LogP contribution is 2.33. The van der Waals surface area contributed by atoms with Gasteiger partial charge in [-0.2, -0.15) is 0 Å². The van der Waals surface area contributed by atoms with Gasteiger partial charge >= 0.3 is 0 Å². The minimum Gasteiger partial charge on any atom is -0.381 e. The molecule has 0 aromatic heterocycles. The predicted molar refractivity (Wildman–Crippen MR) is 71.3 cm³/mol. The zero-order valence-electron chi connectivity index (χ0n) is 11.5. The first kappa shape index (κ1) is 13.3. The number of nitrogens with one attached hydrogen (secondary N) is 1. The van der Waals surface area contributed by atoms with Crippen molar-refractivity contribution in [1.82, 2.24) is 10.2 Å². The van der Waals surface area contributed by atoms with Crippen LogP contribution >= 0.6 is 0 Å². The molecule has 0 aromatic carbocycles. The van der Waals surface area contributed by atoms with E-state index in [1.807, 2.05) is 0 Å². The van der Waals surface area contributed by atoms with E-state index < -0.39 is 0 Å². The van der Waals surface area contributed by atoms with Gasteiger partial charge in [-0.25, -0.2) is 0 Å². The summed E-state index contributed by atoms with van der Waals surface area (Å²) in [6.45, 7) is 4.27. The standard InChI is InChI=1S/C14H28N2O/c1-16(2)14(7-3-4-8-14)12-15-11-13-5-9-17-10-6-13/h13,15H,3-12H2,1-2H3. The molecule has 0 aromatic rings. The lowest BCUT2D eigenvalue weighted by molar-refractivity contribution is 0.0642. The van der Waals surface area contributed by atoms with Crippen molar-refractivity contribution in [2.75, 3.05) is 40.4 Å². The van der Waals surface area contributed by atoms with Gasteiger partial charge < -0.3 is 15.0 Å². The minimum atomic E-state index is 0.436. The van der Waals surface area contributed by atoms with Crippen molar-refractivity contribution in [1.29, 1.82) is 0 Å². The van der Waals surface area contributed by atoms with E-state index in [9.17, 15) is 0 Å². The van der Waals surface area contributed by atoms with Crippen LogP contribution in [0.3, 0.4) is 0 Å². The first-order valence-corrected chi connectivity index (χ1v) is 7.19. The Morgan fingerprint density at radius 3 is 2.41 bits per heavy atom. The number of hydrogen-bond donors (Lipinski definition) is 1. The van der Waals surface area contributed by atoms with E-state index in [-0.39, 0.29) is 0 Å². The molecule has 1 aliphatic carbocycles. The van der Waals surface area contributed by atoms with Crippen LogP contribution in [0.2, 0.25) is 0 Å². The zero-order chi connectivity index (χ0) is 12.1. The van der Waals surface area contributed by atoms with Crippen molar-refractivity contribution < 1.29 is 4.74 Å². The summed E-state index contributed by atoms with van der Waals surface area (Å²) in [6, 6.07) is 0. The van der Waals surface area contributed by atoms with E-state index in [1.54, 1.807) is 0 Å². The van der Waals surface area contributed by atoms with Crippen LogP contribution in [0.15, 0.2) is 0 Å². The molecule has 17 heavy (non-hydrogen) atoms. The summed E-state index contributed by atoms with van der Waals surface area (Å²) in [5.74, 6) is 0.837. The van der Waals surface area contributed by atoms with E-state index in [0.717, 1.165) is 25.7 Å². The van der Waals surface area contributed by atoms with E-state index in [4.69, 9.17) is 4.74 Å². The third-order valence-electron chi connectivity index (χ3n) is 4.71. The molecule has 1 N–H and O–H groups in total. The summed E-state index contributed by atoms with van der Waals surface area (Å²) in [6.07, 6.45) is 8.00. The lowest BCUT2D eigenvalue weighted by Gasteiger charge is -2.37. The van der Waals surface area contributed by atoms with Gasteiger partial charge in [0, 0.05) is 25.3 Å². The molecule has 3 nitrogen and oxygen atoms in total. The number of likely N-dealkylation sites (N-methyl/N-ethyl adjacent to an activating group) is 1. The average Bonchev–Trinajstić information content (AvgIpc) is 2.80. The van der Waals surface area contributed by atoms with Gasteiger partial charge in [-0.15, -0.1) is 0 Å². The van der Waals surface area contributed by atoms with Crippen LogP contribution in [-0.2, 0) is 4.74 Å². The Bertz CT molecular complexity index is 218. The molecule has 2 fully saturated rings. The summed E-state index contributed by atoms with van der Waals surface area (Å²) in [7, 11) is 4.48. The molecule has 2 rings (SSSR count). The van der Waals surface area contributed by atoms with Gasteiger partial charge in [0.2, 0.25) is 0 Å². The molecular weight excluding hydrogens is 212 g/mol. The van der Waals surface area contributed by atoms with E-state index in [2.05, 4.69) is 24.3 Å². The highest BCUT2D eigenvalue weighted by atomic mass is 16.5. The third-order valence-corrected chi connectivity index (χ3v) is 4.71. The minimum absolute atomic E-state index is 0.436. The second kappa shape index (κ2) is 6.17. The molecule has 3 heteroatoms. The molecule has 0 amide bonds. The van der Waals surface area contributed by atoms with E-state index >= 15 is 0 Å². The Morgan fingerprint density at radius 1 is 1.18 bits per heavy atom. The van der Waals surface area contributed by atoms with Crippen molar-refractivity contribution in [3.8, 4) is 0 Å². The van der Waals surface area contributed by atoms with Gasteiger partial charge in [-0.3, -0.25) is 0 Å². The fourth-order valence-electron chi connectivity index (χ4n) is 3.27. The number of nitrogens with zero attached hydrogens (tertiary/aromatic N) is 1. The van der Waals surface area contributed by atoms with Crippen LogP contribution in [0.1, 0.15) is 38.5 Å². The molecule has 0 radical (unpaired) electrons. The molecule has 0 atom stereocenters. The Morgan fingerprint density at radius 2 is 1.82 bits per heavy atom. The van der Waals surface area contributed by atoms with Crippen molar-refractivity contribution in [2.24, 2.45) is 5.92 Å². The first-order valence-electron chi connectivity index (χ1n) is 7.19. The van der Waals surface area contributed by atoms with Crippen LogP contribution < -0.4 is 5.32 Å². The molecule has 100 valence electrons. The highest BCUT2D eigenvalue weighted by molar-refractivity contribution is 4.94. The number of ether oxygens (including phenoxy) is 1. The van der Waals surface area contributed by atoms with Crippen molar-refractivity contribution in [3.05, 3.63) is 0 Å². The fraction of sp³-hybridized carbons (Fsp3) is 1.00. The van der Waals surface area contributed by atoms with Crippen LogP contribution in [-0.4, -0.2) is 50.8 Å². The van der Waals surface area contributed by atoms with Crippen molar-refractivity contribution in [3.63, 3.8) is 0 Å². The largest absolute Gasteiger partial charge is 0.381 e. The number of rotatable bonds is 5. The first-order chi connectivity index (χ1) is 8.23. The Balaban J connectivity index is 1.72. The molecule has 0 spiro atoms. The van der Waals surface area contributed by atoms with Gasteiger partial charge in [-0.05, 0) is 52.2 Å². The summed E-state index contributed by atoms with van der Waals surface area (Å²) in [5.41, 5.74) is 0.436. The lowest BCUT2D eigenvalue weighted by atomic mass is 9.95. The average molecular weight is 240 g/mol. The third kappa shape index (κ3) is 3.43. The second-order valence-corrected chi connectivity index (χ2v) is 6.01. The van der Waals surface area contributed by atoms with Gasteiger partial charge in [0.25, 0.3) is 0 Å². The maximum Gasteiger partial charge on any atom is 0.0469 e. The molecule has 1 heterocycles. The summed E-state index contributed by atoms with van der Waals surface area (Å²) < 4.78 is 5.40. The smallest absolute Gasteiger partial charge is 0.0469 e. The van der Waals surface area contributed by atoms with Crippen LogP contribution in [0.4, 0.5) is 0 Å². The Hall–Kier alpha value is -0.120. The van der Waals surface area contributed by atoms with Crippen LogP contribution in [0.25, 0.3) is 0 Å². The molecular formula is C14H28N2O. The lowest BCUT2D eigenvalue weighted by Crippen LogP contribution is -2.50. The summed E-state index contributed by atoms with van der Waals surface area (Å²) in [5, 5.41) is 3.72. The Kier molecular flexibility index (Phi) is 4.83. The van der Waals surface area contributed by atoms with Gasteiger partial charge in [0.05, 0.1) is 0 Å². The van der Waals surface area contributed by atoms with Gasteiger partial charge in [0.15, 0.2) is 0 Å². The maximum atomic E-state index is 5.40. The normalized spacial score (nSPS) is 25.6. The molecule has 1 saturated carbocycles. The van der Waals surface area contributed by atoms with Crippen LogP contribution in [0.5, 0.6) is 0 Å². The van der Waals surface area contributed by atoms with Crippen molar-refractivity contribution >= 4 is 0 Å². The molecule has 0 bridgehead atoms. The van der Waals surface area contributed by atoms with E-state index in [1.165, 1.54) is 45.1 Å². The molecule has 1 aliphatic heterocycles. The highest BCUT2D eigenvalue weighted by Gasteiger charge is 2.35. The topological polar surface area (TPSA) is 24.5 Å². The van der Waals surface area contributed by atoms with Crippen molar-refractivity contribution in [2.45, 2.75) is 44.1 Å². The van der Waals surface area contributed by atoms with Gasteiger partial charge in [0.1, 0.15) is 0 Å². The molecule has 0 unspecified atom stereocenters. The van der Waals surface area contributed by atoms with Gasteiger partial charge in [-0.1, -0.05) is 12.8 Å². The number of hydrogen-bond acceptors (Lipinski definition) is 3. The quantitative estimate of drug-likeness (QED) is 0.794. The SMILES string of the molecule is CN(C)C1(CNCC2CCOCC2)CCCC1. The molecule has 1 saturated heterocycles. The molecule has 2 aliphatic rings. The summed E-state index contributed by atoms with van der Waals surface area (Å²) in [4.78, 5) is 2.44. The predicted octanol–water partition coefficient (Wildman–Crippen LogP) is 1.88. The van der Waals surface area contributed by atoms with Crippen LogP contribution in [0, 0.1) is 5.92 Å². The monoisotopic (exact) mass is 240 g/mol.